The van der Waals surface area contributed by atoms with Crippen LogP contribution in [0.3, 0.4) is 0 Å². The lowest BCUT2D eigenvalue weighted by Crippen LogP contribution is -2.38. The highest BCUT2D eigenvalue weighted by Crippen LogP contribution is 2.40. The fourth-order valence-electron chi connectivity index (χ4n) is 3.64. The third-order valence-electron chi connectivity index (χ3n) is 5.14. The van der Waals surface area contributed by atoms with E-state index >= 15 is 0 Å². The predicted molar refractivity (Wildman–Crippen MR) is 121 cm³/mol. The number of anilines is 3. The first-order valence-corrected chi connectivity index (χ1v) is 10.2. The van der Waals surface area contributed by atoms with E-state index in [2.05, 4.69) is 10.6 Å². The molecule has 0 radical (unpaired) electrons. The van der Waals surface area contributed by atoms with Crippen molar-refractivity contribution in [3.63, 3.8) is 0 Å². The molecule has 0 spiro atoms. The Hall–Kier alpha value is -3.42. The SMILES string of the molecule is COc1cc(NC(=O)Nc2ccc3c(c2)N(C(=O)C(C)C)CCC3)cc(OC)c1OC. The second-order valence-electron chi connectivity index (χ2n) is 7.58. The molecule has 0 saturated heterocycles. The van der Waals surface area contributed by atoms with E-state index in [1.807, 2.05) is 36.9 Å². The fourth-order valence-corrected chi connectivity index (χ4v) is 3.64. The first kappa shape index (κ1) is 22.3. The lowest BCUT2D eigenvalue weighted by Gasteiger charge is -2.31. The molecular weight excluding hydrogens is 398 g/mol. The van der Waals surface area contributed by atoms with Crippen LogP contribution in [0.2, 0.25) is 0 Å². The van der Waals surface area contributed by atoms with E-state index in [1.165, 1.54) is 21.3 Å². The molecule has 2 N–H and O–H groups in total. The highest BCUT2D eigenvalue weighted by molar-refractivity contribution is 6.01. The maximum Gasteiger partial charge on any atom is 0.323 e. The van der Waals surface area contributed by atoms with Crippen molar-refractivity contribution in [1.82, 2.24) is 0 Å². The molecule has 0 aromatic heterocycles. The molecule has 8 nitrogen and oxygen atoms in total. The summed E-state index contributed by atoms with van der Waals surface area (Å²) >= 11 is 0. The van der Waals surface area contributed by atoms with Gasteiger partial charge in [0, 0.05) is 36.0 Å². The van der Waals surface area contributed by atoms with Crippen LogP contribution in [0, 0.1) is 5.92 Å². The summed E-state index contributed by atoms with van der Waals surface area (Å²) in [5.74, 6) is 1.31. The van der Waals surface area contributed by atoms with Gasteiger partial charge >= 0.3 is 6.03 Å². The van der Waals surface area contributed by atoms with Gasteiger partial charge < -0.3 is 29.7 Å². The fraction of sp³-hybridized carbons (Fsp3) is 0.391. The number of hydrogen-bond donors (Lipinski definition) is 2. The molecule has 0 saturated carbocycles. The second kappa shape index (κ2) is 9.59. The number of rotatable bonds is 6. The average Bonchev–Trinajstić information content (AvgIpc) is 2.77. The molecule has 2 aromatic rings. The summed E-state index contributed by atoms with van der Waals surface area (Å²) < 4.78 is 15.9. The van der Waals surface area contributed by atoms with Gasteiger partial charge in [-0.2, -0.15) is 0 Å². The number of ether oxygens (including phenoxy) is 3. The van der Waals surface area contributed by atoms with Gasteiger partial charge in [-0.3, -0.25) is 4.79 Å². The van der Waals surface area contributed by atoms with Crippen molar-refractivity contribution in [1.29, 1.82) is 0 Å². The first-order chi connectivity index (χ1) is 14.9. The number of hydrogen-bond acceptors (Lipinski definition) is 5. The zero-order valence-electron chi connectivity index (χ0n) is 18.6. The van der Waals surface area contributed by atoms with Crippen molar-refractivity contribution in [2.45, 2.75) is 26.7 Å². The highest BCUT2D eigenvalue weighted by Gasteiger charge is 2.25. The molecule has 1 heterocycles. The van der Waals surface area contributed by atoms with Gasteiger partial charge in [-0.1, -0.05) is 19.9 Å². The third kappa shape index (κ3) is 4.84. The van der Waals surface area contributed by atoms with Crippen LogP contribution in [0.1, 0.15) is 25.8 Å². The molecular formula is C23H29N3O5. The molecule has 31 heavy (non-hydrogen) atoms. The number of carbonyl (C=O) groups excluding carboxylic acids is 2. The van der Waals surface area contributed by atoms with Gasteiger partial charge in [0.2, 0.25) is 11.7 Å². The minimum atomic E-state index is -0.424. The van der Waals surface area contributed by atoms with Gasteiger partial charge in [0.15, 0.2) is 11.5 Å². The number of methoxy groups -OCH3 is 3. The Kier molecular flexibility index (Phi) is 6.89. The standard InChI is InChI=1S/C23H29N3O5/c1-14(2)22(27)26-10-6-7-15-8-9-16(11-18(15)26)24-23(28)25-17-12-19(29-3)21(31-5)20(13-17)30-4/h8-9,11-14H,6-7,10H2,1-5H3,(H2,24,25,28). The van der Waals surface area contributed by atoms with Crippen LogP contribution in [-0.2, 0) is 11.2 Å². The minimum Gasteiger partial charge on any atom is -0.493 e. The molecule has 166 valence electrons. The maximum atomic E-state index is 12.6. The Bertz CT molecular complexity index is 949. The van der Waals surface area contributed by atoms with Crippen LogP contribution in [0.25, 0.3) is 0 Å². The Morgan fingerprint density at radius 2 is 1.58 bits per heavy atom. The van der Waals surface area contributed by atoms with Gasteiger partial charge in [0.25, 0.3) is 0 Å². The van der Waals surface area contributed by atoms with Gasteiger partial charge in [-0.25, -0.2) is 4.79 Å². The van der Waals surface area contributed by atoms with E-state index in [0.29, 0.717) is 35.2 Å². The number of amides is 3. The molecule has 0 fully saturated rings. The monoisotopic (exact) mass is 427 g/mol. The first-order valence-electron chi connectivity index (χ1n) is 10.2. The van der Waals surface area contributed by atoms with Crippen LogP contribution in [-0.4, -0.2) is 39.8 Å². The van der Waals surface area contributed by atoms with Crippen LogP contribution in [0.15, 0.2) is 30.3 Å². The van der Waals surface area contributed by atoms with Crippen LogP contribution < -0.4 is 29.7 Å². The lowest BCUT2D eigenvalue weighted by molar-refractivity contribution is -0.121. The number of nitrogens with zero attached hydrogens (tertiary/aromatic N) is 1. The van der Waals surface area contributed by atoms with Crippen molar-refractivity contribution in [2.24, 2.45) is 5.92 Å². The summed E-state index contributed by atoms with van der Waals surface area (Å²) in [6, 6.07) is 8.53. The topological polar surface area (TPSA) is 89.1 Å². The Balaban J connectivity index is 1.79. The van der Waals surface area contributed by atoms with Crippen molar-refractivity contribution in [2.75, 3.05) is 43.4 Å². The van der Waals surface area contributed by atoms with Crippen molar-refractivity contribution >= 4 is 29.0 Å². The number of nitrogens with one attached hydrogen (secondary N) is 2. The van der Waals surface area contributed by atoms with E-state index in [9.17, 15) is 9.59 Å². The van der Waals surface area contributed by atoms with E-state index in [0.717, 1.165) is 24.1 Å². The van der Waals surface area contributed by atoms with Gasteiger partial charge in [-0.15, -0.1) is 0 Å². The summed E-state index contributed by atoms with van der Waals surface area (Å²) in [5, 5.41) is 5.61. The van der Waals surface area contributed by atoms with Gasteiger partial charge in [0.05, 0.1) is 27.0 Å². The van der Waals surface area contributed by atoms with E-state index in [4.69, 9.17) is 14.2 Å². The number of urea groups is 1. The van der Waals surface area contributed by atoms with Crippen molar-refractivity contribution < 1.29 is 23.8 Å². The van der Waals surface area contributed by atoms with Crippen LogP contribution in [0.4, 0.5) is 21.9 Å². The van der Waals surface area contributed by atoms with Crippen LogP contribution >= 0.6 is 0 Å². The largest absolute Gasteiger partial charge is 0.493 e. The predicted octanol–water partition coefficient (Wildman–Crippen LogP) is 4.29. The molecule has 1 aliphatic heterocycles. The molecule has 1 aliphatic rings. The molecule has 0 bridgehead atoms. The summed E-state index contributed by atoms with van der Waals surface area (Å²) in [6.45, 7) is 4.47. The molecule has 3 rings (SSSR count). The molecule has 2 aromatic carbocycles. The van der Waals surface area contributed by atoms with Crippen molar-refractivity contribution in [3.05, 3.63) is 35.9 Å². The molecule has 0 unspecified atom stereocenters. The molecule has 3 amide bonds. The van der Waals surface area contributed by atoms with E-state index in [1.54, 1.807) is 12.1 Å². The lowest BCUT2D eigenvalue weighted by atomic mass is 9.99. The minimum absolute atomic E-state index is 0.0833. The number of aryl methyl sites for hydroxylation is 1. The zero-order chi connectivity index (χ0) is 22.5. The number of fused-ring (bicyclic) bond motifs is 1. The smallest absolute Gasteiger partial charge is 0.323 e. The Labute approximate surface area is 182 Å². The van der Waals surface area contributed by atoms with Crippen molar-refractivity contribution in [3.8, 4) is 17.2 Å². The normalized spacial score (nSPS) is 12.8. The summed E-state index contributed by atoms with van der Waals surface area (Å²) in [7, 11) is 4.54. The third-order valence-corrected chi connectivity index (χ3v) is 5.14. The summed E-state index contributed by atoms with van der Waals surface area (Å²) in [6.07, 6.45) is 1.84. The maximum absolute atomic E-state index is 12.6. The number of carbonyl (C=O) groups is 2. The van der Waals surface area contributed by atoms with Crippen LogP contribution in [0.5, 0.6) is 17.2 Å². The Morgan fingerprint density at radius 1 is 0.935 bits per heavy atom. The molecule has 0 atom stereocenters. The van der Waals surface area contributed by atoms with E-state index in [-0.39, 0.29) is 11.8 Å². The van der Waals surface area contributed by atoms with Gasteiger partial charge in [-0.05, 0) is 30.5 Å². The second-order valence-corrected chi connectivity index (χ2v) is 7.58. The quantitative estimate of drug-likeness (QED) is 0.718. The summed E-state index contributed by atoms with van der Waals surface area (Å²) in [4.78, 5) is 27.0. The molecule has 0 aliphatic carbocycles. The van der Waals surface area contributed by atoms with Gasteiger partial charge in [0.1, 0.15) is 0 Å². The molecule has 8 heteroatoms. The average molecular weight is 428 g/mol. The highest BCUT2D eigenvalue weighted by atomic mass is 16.5. The summed E-state index contributed by atoms with van der Waals surface area (Å²) in [5.41, 5.74) is 3.06. The van der Waals surface area contributed by atoms with E-state index < -0.39 is 6.03 Å². The number of benzene rings is 2. The zero-order valence-corrected chi connectivity index (χ0v) is 18.6. The Morgan fingerprint density at radius 3 is 2.16 bits per heavy atom.